The van der Waals surface area contributed by atoms with Crippen LogP contribution in [0.4, 0.5) is 0 Å². The SMILES string of the molecule is CCOc1ccccc1CN1CCn2nc(C(O)CS(C)(=O)=O)cc2C1. The quantitative estimate of drug-likeness (QED) is 0.782. The number of para-hydroxylation sites is 1. The van der Waals surface area contributed by atoms with Crippen LogP contribution >= 0.6 is 0 Å². The van der Waals surface area contributed by atoms with E-state index in [-0.39, 0.29) is 5.75 Å². The van der Waals surface area contributed by atoms with Crippen molar-refractivity contribution in [1.29, 1.82) is 0 Å². The average Bonchev–Trinajstić information content (AvgIpc) is 2.99. The highest BCUT2D eigenvalue weighted by Gasteiger charge is 2.23. The lowest BCUT2D eigenvalue weighted by Gasteiger charge is -2.28. The topological polar surface area (TPSA) is 84.7 Å². The highest BCUT2D eigenvalue weighted by Crippen LogP contribution is 2.24. The first-order valence-electron chi connectivity index (χ1n) is 8.71. The van der Waals surface area contributed by atoms with E-state index in [2.05, 4.69) is 16.1 Å². The second-order valence-electron chi connectivity index (χ2n) is 6.64. The molecule has 0 bridgehead atoms. The summed E-state index contributed by atoms with van der Waals surface area (Å²) in [6.07, 6.45) is 0.0271. The van der Waals surface area contributed by atoms with Gasteiger partial charge in [0.2, 0.25) is 0 Å². The Kier molecular flexibility index (Phi) is 5.64. The first-order valence-corrected chi connectivity index (χ1v) is 10.8. The molecule has 8 heteroatoms. The fraction of sp³-hybridized carbons (Fsp3) is 0.500. The highest BCUT2D eigenvalue weighted by atomic mass is 32.2. The first-order chi connectivity index (χ1) is 12.4. The Morgan fingerprint density at radius 3 is 2.81 bits per heavy atom. The summed E-state index contributed by atoms with van der Waals surface area (Å²) >= 11 is 0. The Labute approximate surface area is 154 Å². The van der Waals surface area contributed by atoms with Gasteiger partial charge in [-0.15, -0.1) is 0 Å². The number of ether oxygens (including phenoxy) is 1. The van der Waals surface area contributed by atoms with Gasteiger partial charge in [0, 0.05) is 31.5 Å². The third kappa shape index (κ3) is 4.63. The van der Waals surface area contributed by atoms with E-state index in [1.807, 2.05) is 29.8 Å². The highest BCUT2D eigenvalue weighted by molar-refractivity contribution is 7.90. The van der Waals surface area contributed by atoms with Gasteiger partial charge in [0.05, 0.1) is 30.3 Å². The zero-order valence-electron chi connectivity index (χ0n) is 15.1. The fourth-order valence-electron chi connectivity index (χ4n) is 3.18. The number of aromatic nitrogens is 2. The summed E-state index contributed by atoms with van der Waals surface area (Å²) in [4.78, 5) is 2.29. The van der Waals surface area contributed by atoms with E-state index in [1.165, 1.54) is 0 Å². The van der Waals surface area contributed by atoms with Gasteiger partial charge >= 0.3 is 0 Å². The Morgan fingerprint density at radius 1 is 1.31 bits per heavy atom. The lowest BCUT2D eigenvalue weighted by atomic mass is 10.1. The monoisotopic (exact) mass is 379 g/mol. The van der Waals surface area contributed by atoms with E-state index >= 15 is 0 Å². The molecule has 0 aliphatic carbocycles. The molecule has 2 heterocycles. The molecule has 1 N–H and O–H groups in total. The van der Waals surface area contributed by atoms with Crippen LogP contribution in [0.3, 0.4) is 0 Å². The minimum Gasteiger partial charge on any atom is -0.494 e. The molecule has 1 aromatic heterocycles. The summed E-state index contributed by atoms with van der Waals surface area (Å²) in [5.74, 6) is 0.591. The number of benzene rings is 1. The smallest absolute Gasteiger partial charge is 0.150 e. The standard InChI is InChI=1S/C18H25N3O4S/c1-3-25-18-7-5-4-6-14(18)11-20-8-9-21-15(12-20)10-16(19-21)17(22)13-26(2,23)24/h4-7,10,17,22H,3,8-9,11-13H2,1-2H3. The summed E-state index contributed by atoms with van der Waals surface area (Å²) in [6, 6.07) is 9.82. The lowest BCUT2D eigenvalue weighted by molar-refractivity contribution is 0.190. The average molecular weight is 379 g/mol. The van der Waals surface area contributed by atoms with Crippen molar-refractivity contribution in [3.63, 3.8) is 0 Å². The van der Waals surface area contributed by atoms with E-state index in [0.717, 1.165) is 36.4 Å². The largest absolute Gasteiger partial charge is 0.494 e. The molecule has 3 rings (SSSR count). The molecule has 1 aliphatic heterocycles. The van der Waals surface area contributed by atoms with Gasteiger partial charge in [-0.05, 0) is 19.1 Å². The Hall–Kier alpha value is -1.90. The molecular weight excluding hydrogens is 354 g/mol. The maximum Gasteiger partial charge on any atom is 0.150 e. The molecule has 0 saturated carbocycles. The summed E-state index contributed by atoms with van der Waals surface area (Å²) in [5.41, 5.74) is 2.54. The maximum absolute atomic E-state index is 11.4. The molecule has 1 aromatic carbocycles. The van der Waals surface area contributed by atoms with Crippen LogP contribution in [0.1, 0.15) is 30.0 Å². The van der Waals surface area contributed by atoms with Crippen molar-refractivity contribution < 1.29 is 18.3 Å². The van der Waals surface area contributed by atoms with Gasteiger partial charge < -0.3 is 9.84 Å². The molecule has 0 fully saturated rings. The van der Waals surface area contributed by atoms with Crippen molar-refractivity contribution in [2.24, 2.45) is 0 Å². The number of hydrogen-bond acceptors (Lipinski definition) is 6. The van der Waals surface area contributed by atoms with Crippen LogP contribution in [-0.4, -0.2) is 53.4 Å². The first kappa shape index (κ1) is 18.9. The second-order valence-corrected chi connectivity index (χ2v) is 8.83. The zero-order chi connectivity index (χ0) is 18.7. The third-order valence-corrected chi connectivity index (χ3v) is 5.29. The zero-order valence-corrected chi connectivity index (χ0v) is 15.9. The van der Waals surface area contributed by atoms with Crippen molar-refractivity contribution >= 4 is 9.84 Å². The van der Waals surface area contributed by atoms with Crippen LogP contribution in [0.5, 0.6) is 5.75 Å². The summed E-state index contributed by atoms with van der Waals surface area (Å²) in [6.45, 7) is 5.60. The molecule has 26 heavy (non-hydrogen) atoms. The second kappa shape index (κ2) is 7.77. The van der Waals surface area contributed by atoms with Gasteiger partial charge in [-0.25, -0.2) is 8.42 Å². The Morgan fingerprint density at radius 2 is 2.08 bits per heavy atom. The molecule has 1 unspecified atom stereocenters. The van der Waals surface area contributed by atoms with E-state index < -0.39 is 15.9 Å². The van der Waals surface area contributed by atoms with Crippen molar-refractivity contribution in [2.45, 2.75) is 32.7 Å². The summed E-state index contributed by atoms with van der Waals surface area (Å²) < 4.78 is 30.3. The van der Waals surface area contributed by atoms with Crippen molar-refractivity contribution in [1.82, 2.24) is 14.7 Å². The van der Waals surface area contributed by atoms with Crippen molar-refractivity contribution in [2.75, 3.05) is 25.2 Å². The molecule has 0 radical (unpaired) electrons. The van der Waals surface area contributed by atoms with Crippen LogP contribution < -0.4 is 4.74 Å². The van der Waals surface area contributed by atoms with E-state index in [4.69, 9.17) is 4.74 Å². The van der Waals surface area contributed by atoms with Crippen molar-refractivity contribution in [3.05, 3.63) is 47.3 Å². The predicted octanol–water partition coefficient (Wildman–Crippen LogP) is 1.38. The molecule has 0 saturated heterocycles. The van der Waals surface area contributed by atoms with Gasteiger partial charge in [-0.2, -0.15) is 5.10 Å². The number of hydrogen-bond donors (Lipinski definition) is 1. The van der Waals surface area contributed by atoms with Crippen LogP contribution in [0.25, 0.3) is 0 Å². The molecule has 1 aliphatic rings. The summed E-state index contributed by atoms with van der Waals surface area (Å²) in [5, 5.41) is 14.5. The molecule has 0 spiro atoms. The van der Waals surface area contributed by atoms with E-state index in [0.29, 0.717) is 25.4 Å². The van der Waals surface area contributed by atoms with Gasteiger partial charge in [0.1, 0.15) is 21.7 Å². The van der Waals surface area contributed by atoms with Crippen LogP contribution in [-0.2, 0) is 29.5 Å². The number of nitrogens with zero attached hydrogens (tertiary/aromatic N) is 3. The van der Waals surface area contributed by atoms with Gasteiger partial charge in [-0.1, -0.05) is 18.2 Å². The number of fused-ring (bicyclic) bond motifs is 1. The minimum atomic E-state index is -3.26. The molecule has 0 amide bonds. The van der Waals surface area contributed by atoms with E-state index in [9.17, 15) is 13.5 Å². The van der Waals surface area contributed by atoms with Gasteiger partial charge in [-0.3, -0.25) is 9.58 Å². The number of rotatable bonds is 7. The predicted molar refractivity (Wildman–Crippen MR) is 98.6 cm³/mol. The molecule has 1 atom stereocenters. The molecule has 7 nitrogen and oxygen atoms in total. The number of aliphatic hydroxyl groups excluding tert-OH is 1. The van der Waals surface area contributed by atoms with Crippen LogP contribution in [0, 0.1) is 0 Å². The Bertz CT molecular complexity index is 863. The van der Waals surface area contributed by atoms with Gasteiger partial charge in [0.25, 0.3) is 0 Å². The summed E-state index contributed by atoms with van der Waals surface area (Å²) in [7, 11) is -3.26. The fourth-order valence-corrected chi connectivity index (χ4v) is 3.93. The van der Waals surface area contributed by atoms with E-state index in [1.54, 1.807) is 6.07 Å². The Balaban J connectivity index is 1.70. The minimum absolute atomic E-state index is 0.311. The van der Waals surface area contributed by atoms with Crippen molar-refractivity contribution in [3.8, 4) is 5.75 Å². The van der Waals surface area contributed by atoms with Crippen LogP contribution in [0.15, 0.2) is 30.3 Å². The molecule has 2 aromatic rings. The molecule has 142 valence electrons. The van der Waals surface area contributed by atoms with Gasteiger partial charge in [0.15, 0.2) is 0 Å². The maximum atomic E-state index is 11.4. The number of sulfone groups is 1. The third-order valence-electron chi connectivity index (χ3n) is 4.36. The van der Waals surface area contributed by atoms with Crippen LogP contribution in [0.2, 0.25) is 0 Å². The molecular formula is C18H25N3O4S. The number of aliphatic hydroxyl groups is 1. The lowest BCUT2D eigenvalue weighted by Crippen LogP contribution is -2.33. The normalized spacial score (nSPS) is 16.3.